The minimum atomic E-state index is 0.0394. The molecule has 0 amide bonds. The van der Waals surface area contributed by atoms with E-state index in [2.05, 4.69) is 41.2 Å². The fourth-order valence-electron chi connectivity index (χ4n) is 1.57. The van der Waals surface area contributed by atoms with E-state index in [0.29, 0.717) is 0 Å². The lowest BCUT2D eigenvalue weighted by Gasteiger charge is -2.42. The summed E-state index contributed by atoms with van der Waals surface area (Å²) >= 11 is 0. The van der Waals surface area contributed by atoms with Gasteiger partial charge >= 0.3 is 0 Å². The highest BCUT2D eigenvalue weighted by Crippen LogP contribution is 2.46. The Balaban J connectivity index is 4.69. The van der Waals surface area contributed by atoms with Crippen molar-refractivity contribution in [2.24, 2.45) is 10.8 Å². The van der Waals surface area contributed by atoms with Crippen molar-refractivity contribution >= 4 is 0 Å². The van der Waals surface area contributed by atoms with Gasteiger partial charge in [0.15, 0.2) is 0 Å². The number of ether oxygens (including phenoxy) is 1. The van der Waals surface area contributed by atoms with Gasteiger partial charge in [0, 0.05) is 5.41 Å². The Morgan fingerprint density at radius 1 is 1.23 bits per heavy atom. The number of allylic oxidation sites excluding steroid dienone is 1. The van der Waals surface area contributed by atoms with Crippen LogP contribution in [0, 0.1) is 10.8 Å². The highest BCUT2D eigenvalue weighted by Gasteiger charge is 2.39. The molecule has 0 saturated heterocycles. The van der Waals surface area contributed by atoms with E-state index >= 15 is 0 Å². The van der Waals surface area contributed by atoms with Crippen LogP contribution in [0.5, 0.6) is 0 Å². The Kier molecular flexibility index (Phi) is 4.02. The third-order valence-corrected chi connectivity index (χ3v) is 3.51. The van der Waals surface area contributed by atoms with Gasteiger partial charge in [-0.15, -0.1) is 0 Å². The molecule has 0 N–H and O–H groups in total. The van der Waals surface area contributed by atoms with Crippen LogP contribution in [0.4, 0.5) is 0 Å². The van der Waals surface area contributed by atoms with Crippen LogP contribution in [-0.4, -0.2) is 7.11 Å². The van der Waals surface area contributed by atoms with Gasteiger partial charge in [-0.3, -0.25) is 0 Å². The molecule has 0 radical (unpaired) electrons. The second kappa shape index (κ2) is 4.17. The van der Waals surface area contributed by atoms with Crippen LogP contribution in [0.1, 0.15) is 47.5 Å². The molecule has 0 spiro atoms. The highest BCUT2D eigenvalue weighted by molar-refractivity contribution is 5.05. The summed E-state index contributed by atoms with van der Waals surface area (Å²) < 4.78 is 5.25. The molecule has 0 fully saturated rings. The summed E-state index contributed by atoms with van der Waals surface area (Å²) in [5.74, 6) is 0.881. The van der Waals surface area contributed by atoms with Gasteiger partial charge in [0.2, 0.25) is 0 Å². The molecule has 0 atom stereocenters. The summed E-state index contributed by atoms with van der Waals surface area (Å²) in [4.78, 5) is 0. The van der Waals surface area contributed by atoms with Crippen LogP contribution < -0.4 is 0 Å². The van der Waals surface area contributed by atoms with Gasteiger partial charge in [-0.25, -0.2) is 0 Å². The summed E-state index contributed by atoms with van der Waals surface area (Å²) in [7, 11) is 1.70. The van der Waals surface area contributed by atoms with Crippen molar-refractivity contribution in [2.75, 3.05) is 7.11 Å². The molecule has 1 nitrogen and oxygen atoms in total. The molecule has 0 aliphatic rings. The average molecular weight is 184 g/mol. The SMILES string of the molecule is C=C(OC)C(C)(C)C(C)(C)CCC. The van der Waals surface area contributed by atoms with E-state index in [-0.39, 0.29) is 10.8 Å². The Bertz CT molecular complexity index is 178. The maximum Gasteiger partial charge on any atom is 0.0945 e. The first-order chi connectivity index (χ1) is 5.79. The number of hydrogen-bond donors (Lipinski definition) is 0. The minimum absolute atomic E-state index is 0.0394. The summed E-state index contributed by atoms with van der Waals surface area (Å²) in [5.41, 5.74) is 0.284. The fourth-order valence-corrected chi connectivity index (χ4v) is 1.57. The maximum absolute atomic E-state index is 5.25. The molecule has 0 unspecified atom stereocenters. The average Bonchev–Trinajstić information content (AvgIpc) is 2.02. The predicted molar refractivity (Wildman–Crippen MR) is 58.6 cm³/mol. The minimum Gasteiger partial charge on any atom is -0.501 e. The maximum atomic E-state index is 5.25. The van der Waals surface area contributed by atoms with Gasteiger partial charge < -0.3 is 4.74 Å². The third kappa shape index (κ3) is 2.49. The molecule has 0 aromatic heterocycles. The molecule has 0 aliphatic heterocycles. The van der Waals surface area contributed by atoms with Crippen LogP contribution in [0.25, 0.3) is 0 Å². The van der Waals surface area contributed by atoms with Crippen molar-refractivity contribution in [3.63, 3.8) is 0 Å². The molecular weight excluding hydrogens is 160 g/mol. The van der Waals surface area contributed by atoms with E-state index in [9.17, 15) is 0 Å². The van der Waals surface area contributed by atoms with Crippen LogP contribution in [0.2, 0.25) is 0 Å². The fraction of sp³-hybridized carbons (Fsp3) is 0.833. The molecule has 78 valence electrons. The molecule has 0 heterocycles. The molecule has 13 heavy (non-hydrogen) atoms. The number of hydrogen-bond acceptors (Lipinski definition) is 1. The third-order valence-electron chi connectivity index (χ3n) is 3.51. The van der Waals surface area contributed by atoms with Crippen molar-refractivity contribution in [1.29, 1.82) is 0 Å². The smallest absolute Gasteiger partial charge is 0.0945 e. The first-order valence-electron chi connectivity index (χ1n) is 5.03. The molecular formula is C12H24O. The quantitative estimate of drug-likeness (QED) is 0.587. The zero-order valence-electron chi connectivity index (χ0n) is 10.0. The Hall–Kier alpha value is -0.460. The van der Waals surface area contributed by atoms with E-state index in [1.54, 1.807) is 7.11 Å². The normalized spacial score (nSPS) is 12.8. The van der Waals surface area contributed by atoms with Gasteiger partial charge in [-0.1, -0.05) is 47.6 Å². The van der Waals surface area contributed by atoms with Gasteiger partial charge in [0.05, 0.1) is 12.9 Å². The van der Waals surface area contributed by atoms with Gasteiger partial charge in [-0.2, -0.15) is 0 Å². The Morgan fingerprint density at radius 2 is 1.69 bits per heavy atom. The van der Waals surface area contributed by atoms with Gasteiger partial charge in [-0.05, 0) is 11.8 Å². The second-order valence-electron chi connectivity index (χ2n) is 4.89. The lowest BCUT2D eigenvalue weighted by molar-refractivity contribution is 0.0691. The lowest BCUT2D eigenvalue weighted by atomic mass is 9.65. The second-order valence-corrected chi connectivity index (χ2v) is 4.89. The molecule has 0 bridgehead atoms. The molecule has 1 heteroatoms. The van der Waals surface area contributed by atoms with Crippen molar-refractivity contribution < 1.29 is 4.74 Å². The van der Waals surface area contributed by atoms with Crippen LogP contribution in [0.15, 0.2) is 12.3 Å². The summed E-state index contributed by atoms with van der Waals surface area (Å²) in [6.07, 6.45) is 2.40. The summed E-state index contributed by atoms with van der Waals surface area (Å²) in [6.45, 7) is 15.1. The van der Waals surface area contributed by atoms with Crippen molar-refractivity contribution in [3.05, 3.63) is 12.3 Å². The Labute approximate surface area is 83.2 Å². The van der Waals surface area contributed by atoms with Crippen LogP contribution in [-0.2, 0) is 4.74 Å². The predicted octanol–water partition coefficient (Wildman–Crippen LogP) is 4.00. The number of rotatable bonds is 5. The molecule has 0 aromatic rings. The van der Waals surface area contributed by atoms with Gasteiger partial charge in [0.25, 0.3) is 0 Å². The van der Waals surface area contributed by atoms with E-state index in [0.717, 1.165) is 5.76 Å². The summed E-state index contributed by atoms with van der Waals surface area (Å²) in [5, 5.41) is 0. The van der Waals surface area contributed by atoms with Crippen molar-refractivity contribution in [2.45, 2.75) is 47.5 Å². The van der Waals surface area contributed by atoms with E-state index in [4.69, 9.17) is 4.74 Å². The van der Waals surface area contributed by atoms with E-state index in [1.807, 2.05) is 0 Å². The molecule has 0 aromatic carbocycles. The standard InChI is InChI=1S/C12H24O/c1-8-9-11(3,4)12(5,6)10(2)13-7/h2,8-9H2,1,3-7H3. The summed E-state index contributed by atoms with van der Waals surface area (Å²) in [6, 6.07) is 0. The first-order valence-corrected chi connectivity index (χ1v) is 5.03. The molecule has 0 rings (SSSR count). The lowest BCUT2D eigenvalue weighted by Crippen LogP contribution is -2.34. The largest absolute Gasteiger partial charge is 0.501 e. The van der Waals surface area contributed by atoms with Crippen molar-refractivity contribution in [3.8, 4) is 0 Å². The topological polar surface area (TPSA) is 9.23 Å². The zero-order valence-corrected chi connectivity index (χ0v) is 10.0. The molecule has 0 saturated carbocycles. The van der Waals surface area contributed by atoms with E-state index < -0.39 is 0 Å². The van der Waals surface area contributed by atoms with Crippen LogP contribution in [0.3, 0.4) is 0 Å². The monoisotopic (exact) mass is 184 g/mol. The van der Waals surface area contributed by atoms with Crippen molar-refractivity contribution in [1.82, 2.24) is 0 Å². The highest BCUT2D eigenvalue weighted by atomic mass is 16.5. The van der Waals surface area contributed by atoms with E-state index in [1.165, 1.54) is 12.8 Å². The zero-order chi connectivity index (χ0) is 10.7. The number of methoxy groups -OCH3 is 1. The Morgan fingerprint density at radius 3 is 2.00 bits per heavy atom. The van der Waals surface area contributed by atoms with Gasteiger partial charge in [0.1, 0.15) is 0 Å². The van der Waals surface area contributed by atoms with Crippen LogP contribution >= 0.6 is 0 Å². The first kappa shape index (κ1) is 12.5. The molecule has 0 aliphatic carbocycles.